The van der Waals surface area contributed by atoms with Gasteiger partial charge in [-0.3, -0.25) is 9.69 Å². The summed E-state index contributed by atoms with van der Waals surface area (Å²) in [7, 11) is 1.73. The van der Waals surface area contributed by atoms with Gasteiger partial charge in [-0.15, -0.1) is 0 Å². The number of likely N-dealkylation sites (N-methyl/N-ethyl adjacent to an activating group) is 1. The maximum Gasteiger partial charge on any atom is 0.241 e. The molecule has 0 aliphatic rings. The van der Waals surface area contributed by atoms with Gasteiger partial charge in [0.25, 0.3) is 0 Å². The van der Waals surface area contributed by atoms with E-state index in [9.17, 15) is 13.6 Å². The molecule has 1 unspecified atom stereocenters. The lowest BCUT2D eigenvalue weighted by Crippen LogP contribution is -2.39. The highest BCUT2D eigenvalue weighted by atomic mass is 35.5. The SMILES string of the molecule is CC(C(=O)Nc1ccc(F)cc1Cl)N(C)Cc1ccccc1F. The molecule has 0 radical (unpaired) electrons. The Kier molecular flexibility index (Phi) is 5.69. The Labute approximate surface area is 138 Å². The molecule has 0 heterocycles. The zero-order chi connectivity index (χ0) is 17.0. The Morgan fingerprint density at radius 1 is 1.26 bits per heavy atom. The van der Waals surface area contributed by atoms with Crippen LogP contribution in [0.5, 0.6) is 0 Å². The molecule has 0 aromatic heterocycles. The number of nitrogens with one attached hydrogen (secondary N) is 1. The molecule has 2 aromatic carbocycles. The van der Waals surface area contributed by atoms with Crippen molar-refractivity contribution in [3.8, 4) is 0 Å². The van der Waals surface area contributed by atoms with Crippen LogP contribution in [0.25, 0.3) is 0 Å². The molecule has 1 N–H and O–H groups in total. The highest BCUT2D eigenvalue weighted by Crippen LogP contribution is 2.23. The molecule has 2 aromatic rings. The Bertz CT molecular complexity index is 709. The number of carbonyl (C=O) groups excluding carboxylic acids is 1. The van der Waals surface area contributed by atoms with Gasteiger partial charge < -0.3 is 5.32 Å². The average molecular weight is 339 g/mol. The van der Waals surface area contributed by atoms with Crippen LogP contribution < -0.4 is 5.32 Å². The number of amides is 1. The van der Waals surface area contributed by atoms with Crippen molar-refractivity contribution in [2.24, 2.45) is 0 Å². The molecule has 0 spiro atoms. The number of rotatable bonds is 5. The van der Waals surface area contributed by atoms with Gasteiger partial charge in [-0.2, -0.15) is 0 Å². The van der Waals surface area contributed by atoms with E-state index in [1.807, 2.05) is 0 Å². The molecule has 1 amide bonds. The van der Waals surface area contributed by atoms with Crippen molar-refractivity contribution in [2.45, 2.75) is 19.5 Å². The first-order valence-electron chi connectivity index (χ1n) is 7.08. The predicted octanol–water partition coefficient (Wildman–Crippen LogP) is 4.08. The fourth-order valence-electron chi connectivity index (χ4n) is 2.06. The van der Waals surface area contributed by atoms with E-state index in [4.69, 9.17) is 11.6 Å². The van der Waals surface area contributed by atoms with Crippen LogP contribution in [0, 0.1) is 11.6 Å². The Hall–Kier alpha value is -1.98. The van der Waals surface area contributed by atoms with E-state index < -0.39 is 11.9 Å². The minimum absolute atomic E-state index is 0.127. The van der Waals surface area contributed by atoms with Crippen LogP contribution in [-0.2, 0) is 11.3 Å². The number of anilines is 1. The maximum absolute atomic E-state index is 13.7. The van der Waals surface area contributed by atoms with Crippen molar-refractivity contribution in [3.05, 3.63) is 64.7 Å². The number of nitrogens with zero attached hydrogens (tertiary/aromatic N) is 1. The smallest absolute Gasteiger partial charge is 0.241 e. The molecule has 0 saturated heterocycles. The molecule has 3 nitrogen and oxygen atoms in total. The van der Waals surface area contributed by atoms with Gasteiger partial charge in [-0.25, -0.2) is 8.78 Å². The van der Waals surface area contributed by atoms with Crippen LogP contribution >= 0.6 is 11.6 Å². The van der Waals surface area contributed by atoms with Gasteiger partial charge in [0.05, 0.1) is 16.8 Å². The third kappa shape index (κ3) is 4.50. The number of hydrogen-bond donors (Lipinski definition) is 1. The summed E-state index contributed by atoms with van der Waals surface area (Å²) < 4.78 is 26.7. The van der Waals surface area contributed by atoms with Crippen molar-refractivity contribution >= 4 is 23.2 Å². The normalized spacial score (nSPS) is 12.3. The number of carbonyl (C=O) groups is 1. The van der Waals surface area contributed by atoms with Gasteiger partial charge in [-0.05, 0) is 38.2 Å². The molecule has 0 aliphatic carbocycles. The Balaban J connectivity index is 2.02. The minimum Gasteiger partial charge on any atom is -0.323 e. The van der Waals surface area contributed by atoms with Gasteiger partial charge in [-0.1, -0.05) is 29.8 Å². The molecular formula is C17H17ClF2N2O. The van der Waals surface area contributed by atoms with Gasteiger partial charge in [0.15, 0.2) is 0 Å². The summed E-state index contributed by atoms with van der Waals surface area (Å²) in [6, 6.07) is 9.65. The van der Waals surface area contributed by atoms with Gasteiger partial charge >= 0.3 is 0 Å². The first-order chi connectivity index (χ1) is 10.9. The quantitative estimate of drug-likeness (QED) is 0.891. The zero-order valence-electron chi connectivity index (χ0n) is 12.8. The Morgan fingerprint density at radius 3 is 2.61 bits per heavy atom. The summed E-state index contributed by atoms with van der Waals surface area (Å²) in [6.07, 6.45) is 0. The molecule has 0 aliphatic heterocycles. The monoisotopic (exact) mass is 338 g/mol. The van der Waals surface area contributed by atoms with Crippen LogP contribution in [0.3, 0.4) is 0 Å². The van der Waals surface area contributed by atoms with E-state index in [-0.39, 0.29) is 16.7 Å². The molecule has 6 heteroatoms. The van der Waals surface area contributed by atoms with Crippen molar-refractivity contribution in [2.75, 3.05) is 12.4 Å². The van der Waals surface area contributed by atoms with Crippen LogP contribution in [0.2, 0.25) is 5.02 Å². The molecule has 0 fully saturated rings. The van der Waals surface area contributed by atoms with Crippen LogP contribution in [0.1, 0.15) is 12.5 Å². The van der Waals surface area contributed by atoms with E-state index in [0.29, 0.717) is 17.8 Å². The molecule has 2 rings (SSSR count). The highest BCUT2D eigenvalue weighted by molar-refractivity contribution is 6.33. The van der Waals surface area contributed by atoms with Crippen LogP contribution in [0.4, 0.5) is 14.5 Å². The van der Waals surface area contributed by atoms with Crippen LogP contribution in [0.15, 0.2) is 42.5 Å². The molecule has 23 heavy (non-hydrogen) atoms. The fraction of sp³-hybridized carbons (Fsp3) is 0.235. The lowest BCUT2D eigenvalue weighted by Gasteiger charge is -2.24. The highest BCUT2D eigenvalue weighted by Gasteiger charge is 2.20. The lowest BCUT2D eigenvalue weighted by molar-refractivity contribution is -0.120. The van der Waals surface area contributed by atoms with E-state index in [1.54, 1.807) is 37.1 Å². The molecule has 0 bridgehead atoms. The fourth-order valence-corrected chi connectivity index (χ4v) is 2.27. The van der Waals surface area contributed by atoms with Gasteiger partial charge in [0.1, 0.15) is 11.6 Å². The topological polar surface area (TPSA) is 32.3 Å². The van der Waals surface area contributed by atoms with Crippen LogP contribution in [-0.4, -0.2) is 23.9 Å². The van der Waals surface area contributed by atoms with E-state index in [1.165, 1.54) is 18.2 Å². The molecule has 122 valence electrons. The second-order valence-electron chi connectivity index (χ2n) is 5.30. The Morgan fingerprint density at radius 2 is 1.96 bits per heavy atom. The third-order valence-corrected chi connectivity index (χ3v) is 3.92. The van der Waals surface area contributed by atoms with Crippen molar-refractivity contribution in [3.63, 3.8) is 0 Å². The second-order valence-corrected chi connectivity index (χ2v) is 5.70. The largest absolute Gasteiger partial charge is 0.323 e. The third-order valence-electron chi connectivity index (χ3n) is 3.61. The van der Waals surface area contributed by atoms with E-state index in [0.717, 1.165) is 6.07 Å². The standard InChI is InChI=1S/C17H17ClF2N2O/c1-11(22(2)10-12-5-3-4-6-15(12)20)17(23)21-16-8-7-13(19)9-14(16)18/h3-9,11H,10H2,1-2H3,(H,21,23). The summed E-state index contributed by atoms with van der Waals surface area (Å²) >= 11 is 5.89. The van der Waals surface area contributed by atoms with Gasteiger partial charge in [0, 0.05) is 12.1 Å². The number of hydrogen-bond acceptors (Lipinski definition) is 2. The summed E-state index contributed by atoms with van der Waals surface area (Å²) in [6.45, 7) is 1.99. The van der Waals surface area contributed by atoms with Gasteiger partial charge in [0.2, 0.25) is 5.91 Å². The first kappa shape index (κ1) is 17.4. The summed E-state index contributed by atoms with van der Waals surface area (Å²) in [5, 5.41) is 2.77. The summed E-state index contributed by atoms with van der Waals surface area (Å²) in [5.41, 5.74) is 0.846. The minimum atomic E-state index is -0.518. The van der Waals surface area contributed by atoms with Crippen molar-refractivity contribution in [1.29, 1.82) is 0 Å². The summed E-state index contributed by atoms with van der Waals surface area (Å²) in [5.74, 6) is -1.09. The number of benzene rings is 2. The number of halogens is 3. The zero-order valence-corrected chi connectivity index (χ0v) is 13.6. The van der Waals surface area contributed by atoms with Crippen molar-refractivity contribution in [1.82, 2.24) is 4.90 Å². The molecular weight excluding hydrogens is 322 g/mol. The summed E-state index contributed by atoms with van der Waals surface area (Å²) in [4.78, 5) is 14.0. The van der Waals surface area contributed by atoms with Crippen molar-refractivity contribution < 1.29 is 13.6 Å². The maximum atomic E-state index is 13.7. The van der Waals surface area contributed by atoms with E-state index in [2.05, 4.69) is 5.32 Å². The predicted molar refractivity (Wildman–Crippen MR) is 87.4 cm³/mol. The lowest BCUT2D eigenvalue weighted by atomic mass is 10.1. The first-order valence-corrected chi connectivity index (χ1v) is 7.46. The molecule has 0 saturated carbocycles. The molecule has 1 atom stereocenters. The van der Waals surface area contributed by atoms with E-state index >= 15 is 0 Å². The average Bonchev–Trinajstić information content (AvgIpc) is 2.51. The second kappa shape index (κ2) is 7.53.